The summed E-state index contributed by atoms with van der Waals surface area (Å²) < 4.78 is 2.03. The molecular weight excluding hydrogens is 214 g/mol. The number of hydrogen-bond acceptors (Lipinski definition) is 3. The summed E-state index contributed by atoms with van der Waals surface area (Å²) in [6, 6.07) is 7.63. The highest BCUT2D eigenvalue weighted by Gasteiger charge is 2.15. The minimum absolute atomic E-state index is 0.700. The minimum Gasteiger partial charge on any atom is -0.309 e. The molecule has 0 saturated carbocycles. The monoisotopic (exact) mass is 227 g/mol. The Morgan fingerprint density at radius 3 is 3.24 bits per heavy atom. The average Bonchev–Trinajstić information content (AvgIpc) is 2.82. The maximum atomic E-state index is 10.8. The number of benzene rings is 1. The van der Waals surface area contributed by atoms with Gasteiger partial charge in [-0.15, -0.1) is 0 Å². The van der Waals surface area contributed by atoms with Crippen LogP contribution < -0.4 is 5.32 Å². The summed E-state index contributed by atoms with van der Waals surface area (Å²) >= 11 is 0. The summed E-state index contributed by atoms with van der Waals surface area (Å²) in [6.07, 6.45) is 2.75. The zero-order chi connectivity index (χ0) is 11.7. The van der Waals surface area contributed by atoms with E-state index in [2.05, 4.69) is 10.4 Å². The quantitative estimate of drug-likeness (QED) is 0.790. The Balaban J connectivity index is 2.08. The molecule has 17 heavy (non-hydrogen) atoms. The summed E-state index contributed by atoms with van der Waals surface area (Å²) in [4.78, 5) is 10.8. The Morgan fingerprint density at radius 1 is 1.41 bits per heavy atom. The summed E-state index contributed by atoms with van der Waals surface area (Å²) in [5.74, 6) is 0. The standard InChI is InChI=1S/C13H13N3O/c17-9-10-2-1-3-11(6-10)12-7-15-16-5-4-14-8-13(12)16/h1-3,6-7,9,14H,4-5,8H2. The summed E-state index contributed by atoms with van der Waals surface area (Å²) in [5.41, 5.74) is 4.06. The van der Waals surface area contributed by atoms with Crippen molar-refractivity contribution in [3.8, 4) is 11.1 Å². The predicted molar refractivity (Wildman–Crippen MR) is 64.8 cm³/mol. The molecule has 0 radical (unpaired) electrons. The Labute approximate surface area is 99.3 Å². The largest absolute Gasteiger partial charge is 0.309 e. The van der Waals surface area contributed by atoms with Crippen LogP contribution in [-0.2, 0) is 13.1 Å². The van der Waals surface area contributed by atoms with E-state index >= 15 is 0 Å². The van der Waals surface area contributed by atoms with Crippen molar-refractivity contribution in [3.05, 3.63) is 41.7 Å². The lowest BCUT2D eigenvalue weighted by Crippen LogP contribution is -2.28. The van der Waals surface area contributed by atoms with Gasteiger partial charge in [0, 0.05) is 24.2 Å². The number of nitrogens with zero attached hydrogens (tertiary/aromatic N) is 2. The van der Waals surface area contributed by atoms with Gasteiger partial charge >= 0.3 is 0 Å². The number of rotatable bonds is 2. The molecule has 2 heterocycles. The smallest absolute Gasteiger partial charge is 0.150 e. The first kappa shape index (κ1) is 10.2. The molecule has 0 spiro atoms. The maximum absolute atomic E-state index is 10.8. The topological polar surface area (TPSA) is 46.9 Å². The molecule has 1 aromatic carbocycles. The predicted octanol–water partition coefficient (Wildman–Crippen LogP) is 1.47. The van der Waals surface area contributed by atoms with Crippen molar-refractivity contribution < 1.29 is 4.79 Å². The molecule has 1 aliphatic heterocycles. The molecule has 0 bridgehead atoms. The van der Waals surface area contributed by atoms with Gasteiger partial charge in [0.1, 0.15) is 6.29 Å². The van der Waals surface area contributed by atoms with E-state index in [9.17, 15) is 4.79 Å². The molecule has 4 nitrogen and oxygen atoms in total. The van der Waals surface area contributed by atoms with Gasteiger partial charge in [-0.25, -0.2) is 0 Å². The second-order valence-electron chi connectivity index (χ2n) is 4.15. The molecular formula is C13H13N3O. The van der Waals surface area contributed by atoms with Gasteiger partial charge in [0.05, 0.1) is 18.4 Å². The second-order valence-corrected chi connectivity index (χ2v) is 4.15. The summed E-state index contributed by atoms with van der Waals surface area (Å²) in [7, 11) is 0. The lowest BCUT2D eigenvalue weighted by Gasteiger charge is -2.16. The zero-order valence-corrected chi connectivity index (χ0v) is 9.39. The van der Waals surface area contributed by atoms with E-state index < -0.39 is 0 Å². The highest BCUT2D eigenvalue weighted by atomic mass is 16.1. The van der Waals surface area contributed by atoms with Crippen LogP contribution in [0.3, 0.4) is 0 Å². The van der Waals surface area contributed by atoms with Gasteiger partial charge in [-0.1, -0.05) is 18.2 Å². The first-order valence-electron chi connectivity index (χ1n) is 5.69. The third-order valence-corrected chi connectivity index (χ3v) is 3.08. The van der Waals surface area contributed by atoms with E-state index in [0.29, 0.717) is 5.56 Å². The highest BCUT2D eigenvalue weighted by molar-refractivity contribution is 5.79. The highest BCUT2D eigenvalue weighted by Crippen LogP contribution is 2.25. The SMILES string of the molecule is O=Cc1cccc(-c2cnn3c2CNCC3)c1. The number of hydrogen-bond donors (Lipinski definition) is 1. The summed E-state index contributed by atoms with van der Waals surface area (Å²) in [6.45, 7) is 2.70. The van der Waals surface area contributed by atoms with Crippen LogP contribution in [0, 0.1) is 0 Å². The molecule has 0 fully saturated rings. The van der Waals surface area contributed by atoms with Crippen LogP contribution in [0.15, 0.2) is 30.5 Å². The van der Waals surface area contributed by atoms with E-state index in [1.165, 1.54) is 5.69 Å². The zero-order valence-electron chi connectivity index (χ0n) is 9.39. The lowest BCUT2D eigenvalue weighted by atomic mass is 10.0. The Bertz CT molecular complexity index is 560. The van der Waals surface area contributed by atoms with Crippen molar-refractivity contribution in [3.63, 3.8) is 0 Å². The molecule has 0 aliphatic carbocycles. The fraction of sp³-hybridized carbons (Fsp3) is 0.231. The summed E-state index contributed by atoms with van der Waals surface area (Å²) in [5, 5.41) is 7.71. The van der Waals surface area contributed by atoms with Crippen LogP contribution in [0.5, 0.6) is 0 Å². The molecule has 2 aromatic rings. The van der Waals surface area contributed by atoms with Gasteiger partial charge in [0.15, 0.2) is 0 Å². The Hall–Kier alpha value is -1.94. The van der Waals surface area contributed by atoms with E-state index in [1.54, 1.807) is 0 Å². The van der Waals surface area contributed by atoms with Crippen LogP contribution in [0.25, 0.3) is 11.1 Å². The number of aldehydes is 1. The van der Waals surface area contributed by atoms with Crippen molar-refractivity contribution in [1.82, 2.24) is 15.1 Å². The molecule has 86 valence electrons. The van der Waals surface area contributed by atoms with Gasteiger partial charge in [0.2, 0.25) is 0 Å². The van der Waals surface area contributed by atoms with Gasteiger partial charge in [-0.05, 0) is 11.6 Å². The number of fused-ring (bicyclic) bond motifs is 1. The third-order valence-electron chi connectivity index (χ3n) is 3.08. The fourth-order valence-corrected chi connectivity index (χ4v) is 2.20. The lowest BCUT2D eigenvalue weighted by molar-refractivity contribution is 0.112. The molecule has 1 aromatic heterocycles. The van der Waals surface area contributed by atoms with Crippen LogP contribution >= 0.6 is 0 Å². The normalized spacial score (nSPS) is 14.4. The van der Waals surface area contributed by atoms with Crippen LogP contribution in [0.1, 0.15) is 16.1 Å². The molecule has 1 N–H and O–H groups in total. The third kappa shape index (κ3) is 1.76. The van der Waals surface area contributed by atoms with Crippen LogP contribution in [-0.4, -0.2) is 22.6 Å². The van der Waals surface area contributed by atoms with Gasteiger partial charge < -0.3 is 5.32 Å². The van der Waals surface area contributed by atoms with Crippen molar-refractivity contribution in [2.45, 2.75) is 13.1 Å². The van der Waals surface area contributed by atoms with Crippen molar-refractivity contribution in [2.24, 2.45) is 0 Å². The van der Waals surface area contributed by atoms with Gasteiger partial charge in [-0.3, -0.25) is 9.48 Å². The number of carbonyl (C=O) groups excluding carboxylic acids is 1. The maximum Gasteiger partial charge on any atom is 0.150 e. The van der Waals surface area contributed by atoms with Gasteiger partial charge in [-0.2, -0.15) is 5.10 Å². The minimum atomic E-state index is 0.700. The van der Waals surface area contributed by atoms with Crippen molar-refractivity contribution in [2.75, 3.05) is 6.54 Å². The first-order chi connectivity index (χ1) is 8.38. The van der Waals surface area contributed by atoms with Crippen LogP contribution in [0.4, 0.5) is 0 Å². The molecule has 0 unspecified atom stereocenters. The van der Waals surface area contributed by atoms with E-state index in [-0.39, 0.29) is 0 Å². The number of nitrogens with one attached hydrogen (secondary N) is 1. The molecule has 3 rings (SSSR count). The van der Waals surface area contributed by atoms with E-state index in [1.807, 2.05) is 35.1 Å². The van der Waals surface area contributed by atoms with Crippen molar-refractivity contribution >= 4 is 6.29 Å². The first-order valence-corrected chi connectivity index (χ1v) is 5.69. The number of carbonyl (C=O) groups is 1. The number of aromatic nitrogens is 2. The van der Waals surface area contributed by atoms with Crippen LogP contribution in [0.2, 0.25) is 0 Å². The van der Waals surface area contributed by atoms with E-state index in [0.717, 1.165) is 37.0 Å². The van der Waals surface area contributed by atoms with E-state index in [4.69, 9.17) is 0 Å². The molecule has 0 amide bonds. The molecule has 4 heteroatoms. The Morgan fingerprint density at radius 2 is 2.35 bits per heavy atom. The molecule has 1 aliphatic rings. The fourth-order valence-electron chi connectivity index (χ4n) is 2.20. The molecule has 0 saturated heterocycles. The van der Waals surface area contributed by atoms with Gasteiger partial charge in [0.25, 0.3) is 0 Å². The second kappa shape index (κ2) is 4.14. The Kier molecular flexibility index (Phi) is 2.49. The van der Waals surface area contributed by atoms with Crippen molar-refractivity contribution in [1.29, 1.82) is 0 Å². The molecule has 0 atom stereocenters. The average molecular weight is 227 g/mol.